The minimum absolute atomic E-state index is 0.744. The highest BCUT2D eigenvalue weighted by Gasteiger charge is 2.17. The van der Waals surface area contributed by atoms with Crippen molar-refractivity contribution in [3.05, 3.63) is 12.3 Å². The van der Waals surface area contributed by atoms with Crippen LogP contribution in [-0.2, 0) is 4.79 Å². The van der Waals surface area contributed by atoms with E-state index >= 15 is 0 Å². The van der Waals surface area contributed by atoms with E-state index in [2.05, 4.69) is 18.7 Å². The van der Waals surface area contributed by atoms with Gasteiger partial charge in [-0.2, -0.15) is 0 Å². The van der Waals surface area contributed by atoms with Crippen molar-refractivity contribution in [2.45, 2.75) is 33.1 Å². The van der Waals surface area contributed by atoms with Gasteiger partial charge in [-0.15, -0.1) is 0 Å². The Balaban J connectivity index is 2.42. The van der Waals surface area contributed by atoms with E-state index in [0.29, 0.717) is 0 Å². The molecule has 0 radical (unpaired) electrons. The number of carboxylic acids is 1. The molecule has 0 bridgehead atoms. The molecule has 1 unspecified atom stereocenters. The normalized spacial score (nSPS) is 23.4. The Morgan fingerprint density at radius 2 is 2.13 bits per heavy atom. The van der Waals surface area contributed by atoms with Crippen molar-refractivity contribution in [2.24, 2.45) is 11.8 Å². The van der Waals surface area contributed by atoms with Gasteiger partial charge in [0.15, 0.2) is 0 Å². The van der Waals surface area contributed by atoms with Gasteiger partial charge >= 0.3 is 5.97 Å². The Morgan fingerprint density at radius 1 is 1.40 bits per heavy atom. The van der Waals surface area contributed by atoms with Gasteiger partial charge in [0.05, 0.1) is 0 Å². The van der Waals surface area contributed by atoms with E-state index < -0.39 is 5.97 Å². The zero-order chi connectivity index (χ0) is 11.3. The van der Waals surface area contributed by atoms with Crippen LogP contribution in [0.3, 0.4) is 0 Å². The van der Waals surface area contributed by atoms with E-state index in [1.165, 1.54) is 25.3 Å². The molecule has 0 amide bonds. The van der Waals surface area contributed by atoms with Crippen LogP contribution in [0.2, 0.25) is 0 Å². The third kappa shape index (κ3) is 4.36. The second-order valence-corrected chi connectivity index (χ2v) is 4.62. The molecule has 1 aliphatic rings. The Kier molecular flexibility index (Phi) is 4.66. The van der Waals surface area contributed by atoms with Crippen LogP contribution in [0.5, 0.6) is 0 Å². The zero-order valence-corrected chi connectivity index (χ0v) is 9.65. The van der Waals surface area contributed by atoms with Crippen molar-refractivity contribution in [2.75, 3.05) is 13.1 Å². The first-order valence-electron chi connectivity index (χ1n) is 5.74. The SMILES string of the molecule is CC(C)C1CCCN(/C=C/C(=O)O)CC1. The lowest BCUT2D eigenvalue weighted by Crippen LogP contribution is -2.19. The van der Waals surface area contributed by atoms with Gasteiger partial charge in [-0.1, -0.05) is 13.8 Å². The zero-order valence-electron chi connectivity index (χ0n) is 9.65. The number of hydrogen-bond donors (Lipinski definition) is 1. The van der Waals surface area contributed by atoms with Gasteiger partial charge in [-0.25, -0.2) is 4.79 Å². The van der Waals surface area contributed by atoms with Crippen LogP contribution in [0.4, 0.5) is 0 Å². The first kappa shape index (κ1) is 12.1. The predicted octanol–water partition coefficient (Wildman–Crippen LogP) is 2.34. The molecule has 0 aliphatic carbocycles. The molecule has 86 valence electrons. The van der Waals surface area contributed by atoms with Gasteiger partial charge in [0.2, 0.25) is 0 Å². The van der Waals surface area contributed by atoms with Crippen molar-refractivity contribution < 1.29 is 9.90 Å². The van der Waals surface area contributed by atoms with Crippen LogP contribution >= 0.6 is 0 Å². The highest BCUT2D eigenvalue weighted by Crippen LogP contribution is 2.24. The molecular formula is C12H21NO2. The molecule has 1 N–H and O–H groups in total. The van der Waals surface area contributed by atoms with E-state index in [0.717, 1.165) is 24.9 Å². The van der Waals surface area contributed by atoms with Gasteiger partial charge in [-0.05, 0) is 31.1 Å². The summed E-state index contributed by atoms with van der Waals surface area (Å²) in [5.41, 5.74) is 0. The Bertz CT molecular complexity index is 236. The number of likely N-dealkylation sites (tertiary alicyclic amines) is 1. The van der Waals surface area contributed by atoms with Crippen LogP contribution in [0, 0.1) is 11.8 Å². The lowest BCUT2D eigenvalue weighted by molar-refractivity contribution is -0.131. The second-order valence-electron chi connectivity index (χ2n) is 4.62. The fourth-order valence-electron chi connectivity index (χ4n) is 2.13. The van der Waals surface area contributed by atoms with Crippen LogP contribution in [0.15, 0.2) is 12.3 Å². The molecule has 0 aromatic carbocycles. The quantitative estimate of drug-likeness (QED) is 0.728. The summed E-state index contributed by atoms with van der Waals surface area (Å²) in [4.78, 5) is 12.5. The van der Waals surface area contributed by atoms with Gasteiger partial charge in [-0.3, -0.25) is 0 Å². The molecular weight excluding hydrogens is 190 g/mol. The molecule has 1 fully saturated rings. The number of rotatable bonds is 3. The smallest absolute Gasteiger partial charge is 0.329 e. The fraction of sp³-hybridized carbons (Fsp3) is 0.750. The molecule has 1 atom stereocenters. The Morgan fingerprint density at radius 3 is 2.73 bits per heavy atom. The van der Waals surface area contributed by atoms with Gasteiger partial charge in [0.25, 0.3) is 0 Å². The van der Waals surface area contributed by atoms with Crippen LogP contribution < -0.4 is 0 Å². The standard InChI is InChI=1S/C12H21NO2/c1-10(2)11-4-3-7-13(8-5-11)9-6-12(14)15/h6,9-11H,3-5,7-8H2,1-2H3,(H,14,15)/b9-6+. The summed E-state index contributed by atoms with van der Waals surface area (Å²) < 4.78 is 0. The summed E-state index contributed by atoms with van der Waals surface area (Å²) in [6, 6.07) is 0. The summed E-state index contributed by atoms with van der Waals surface area (Å²) in [6.45, 7) is 6.53. The number of nitrogens with zero attached hydrogens (tertiary/aromatic N) is 1. The molecule has 1 rings (SSSR count). The monoisotopic (exact) mass is 211 g/mol. The minimum atomic E-state index is -0.861. The first-order chi connectivity index (χ1) is 7.09. The van der Waals surface area contributed by atoms with Crippen molar-refractivity contribution >= 4 is 5.97 Å². The average Bonchev–Trinajstić information content (AvgIpc) is 2.39. The van der Waals surface area contributed by atoms with E-state index in [1.54, 1.807) is 6.20 Å². The third-order valence-electron chi connectivity index (χ3n) is 3.18. The highest BCUT2D eigenvalue weighted by atomic mass is 16.4. The Hall–Kier alpha value is -0.990. The van der Waals surface area contributed by atoms with E-state index in [9.17, 15) is 4.79 Å². The number of hydrogen-bond acceptors (Lipinski definition) is 2. The van der Waals surface area contributed by atoms with E-state index in [1.807, 2.05) is 0 Å². The lowest BCUT2D eigenvalue weighted by Gasteiger charge is -2.19. The topological polar surface area (TPSA) is 40.5 Å². The van der Waals surface area contributed by atoms with Gasteiger partial charge in [0.1, 0.15) is 0 Å². The highest BCUT2D eigenvalue weighted by molar-refractivity contribution is 5.79. The Labute approximate surface area is 91.8 Å². The maximum atomic E-state index is 10.4. The summed E-state index contributed by atoms with van der Waals surface area (Å²) in [5.74, 6) is 0.682. The van der Waals surface area contributed by atoms with Crippen LogP contribution in [-0.4, -0.2) is 29.1 Å². The number of carboxylic acid groups (broad SMARTS) is 1. The number of carbonyl (C=O) groups is 1. The molecule has 1 heterocycles. The summed E-state index contributed by atoms with van der Waals surface area (Å²) >= 11 is 0. The molecule has 0 saturated carbocycles. The first-order valence-corrected chi connectivity index (χ1v) is 5.74. The predicted molar refractivity (Wildman–Crippen MR) is 60.5 cm³/mol. The average molecular weight is 211 g/mol. The molecule has 0 aromatic rings. The minimum Gasteiger partial charge on any atom is -0.478 e. The van der Waals surface area contributed by atoms with E-state index in [-0.39, 0.29) is 0 Å². The lowest BCUT2D eigenvalue weighted by atomic mass is 9.89. The molecule has 3 heteroatoms. The second kappa shape index (κ2) is 5.79. The van der Waals surface area contributed by atoms with E-state index in [4.69, 9.17) is 5.11 Å². The molecule has 15 heavy (non-hydrogen) atoms. The third-order valence-corrected chi connectivity index (χ3v) is 3.18. The fourth-order valence-corrected chi connectivity index (χ4v) is 2.13. The van der Waals surface area contributed by atoms with Crippen LogP contribution in [0.25, 0.3) is 0 Å². The summed E-state index contributed by atoms with van der Waals surface area (Å²) in [7, 11) is 0. The maximum Gasteiger partial charge on any atom is 0.329 e. The summed E-state index contributed by atoms with van der Waals surface area (Å²) in [6.07, 6.45) is 6.57. The van der Waals surface area contributed by atoms with Crippen molar-refractivity contribution in [1.29, 1.82) is 0 Å². The summed E-state index contributed by atoms with van der Waals surface area (Å²) in [5, 5.41) is 8.54. The maximum absolute atomic E-state index is 10.4. The van der Waals surface area contributed by atoms with Crippen molar-refractivity contribution in [1.82, 2.24) is 4.90 Å². The molecule has 3 nitrogen and oxygen atoms in total. The largest absolute Gasteiger partial charge is 0.478 e. The molecule has 0 aromatic heterocycles. The molecule has 0 spiro atoms. The molecule has 1 saturated heterocycles. The van der Waals surface area contributed by atoms with Crippen molar-refractivity contribution in [3.8, 4) is 0 Å². The van der Waals surface area contributed by atoms with Crippen LogP contribution in [0.1, 0.15) is 33.1 Å². The van der Waals surface area contributed by atoms with Gasteiger partial charge in [0, 0.05) is 25.4 Å². The van der Waals surface area contributed by atoms with Crippen molar-refractivity contribution in [3.63, 3.8) is 0 Å². The molecule has 1 aliphatic heterocycles. The van der Waals surface area contributed by atoms with Gasteiger partial charge < -0.3 is 10.0 Å². The number of aliphatic carboxylic acids is 1.